The number of carbonyl (C=O) groups is 1. The monoisotopic (exact) mass is 375 g/mol. The van der Waals surface area contributed by atoms with Gasteiger partial charge in [-0.15, -0.1) is 0 Å². The summed E-state index contributed by atoms with van der Waals surface area (Å²) in [4.78, 5) is 13.0. The number of ether oxygens (including phenoxy) is 2. The number of hydrogen-bond donors (Lipinski definition) is 1. The molecule has 3 aromatic carbocycles. The molecule has 0 saturated heterocycles. The first-order valence-corrected chi connectivity index (χ1v) is 9.31. The summed E-state index contributed by atoms with van der Waals surface area (Å²) in [6.45, 7) is 0.525. The van der Waals surface area contributed by atoms with Gasteiger partial charge in [-0.05, 0) is 29.2 Å². The lowest BCUT2D eigenvalue weighted by atomic mass is 9.90. The average Bonchev–Trinajstić information content (AvgIpc) is 2.75. The molecule has 0 atom stereocenters. The molecule has 0 fully saturated rings. The van der Waals surface area contributed by atoms with Gasteiger partial charge in [0.05, 0.1) is 20.1 Å². The molecule has 0 spiro atoms. The highest BCUT2D eigenvalue weighted by Gasteiger charge is 2.22. The van der Waals surface area contributed by atoms with Gasteiger partial charge in [0.25, 0.3) is 0 Å². The smallest absolute Gasteiger partial charge is 0.232 e. The van der Waals surface area contributed by atoms with Crippen LogP contribution in [-0.2, 0) is 11.2 Å². The van der Waals surface area contributed by atoms with E-state index in [2.05, 4.69) is 5.32 Å². The van der Waals surface area contributed by atoms with Crippen LogP contribution in [0.4, 0.5) is 0 Å². The number of methoxy groups -OCH3 is 2. The summed E-state index contributed by atoms with van der Waals surface area (Å²) in [5.74, 6) is 1.17. The second-order valence-corrected chi connectivity index (χ2v) is 6.47. The van der Waals surface area contributed by atoms with Gasteiger partial charge in [-0.1, -0.05) is 66.7 Å². The van der Waals surface area contributed by atoms with Crippen LogP contribution in [-0.4, -0.2) is 26.7 Å². The molecule has 0 aliphatic heterocycles. The number of rotatable bonds is 8. The maximum atomic E-state index is 13.0. The van der Waals surface area contributed by atoms with Gasteiger partial charge in [0.2, 0.25) is 5.91 Å². The minimum atomic E-state index is -0.333. The summed E-state index contributed by atoms with van der Waals surface area (Å²) in [6.07, 6.45) is 0.676. The molecular formula is C24H25NO3. The first kappa shape index (κ1) is 19.5. The van der Waals surface area contributed by atoms with Crippen LogP contribution in [0.1, 0.15) is 22.6 Å². The Morgan fingerprint density at radius 2 is 1.46 bits per heavy atom. The number of carbonyl (C=O) groups excluding carboxylic acids is 1. The quantitative estimate of drug-likeness (QED) is 0.642. The van der Waals surface area contributed by atoms with Crippen molar-refractivity contribution in [1.82, 2.24) is 5.32 Å². The molecule has 1 amide bonds. The SMILES string of the molecule is COc1ccc(CCNC(=O)C(c2ccccc2)c2ccccc2)c(OC)c1. The zero-order valence-electron chi connectivity index (χ0n) is 16.2. The number of nitrogens with one attached hydrogen (secondary N) is 1. The molecule has 0 aliphatic carbocycles. The van der Waals surface area contributed by atoms with Crippen molar-refractivity contribution in [3.8, 4) is 11.5 Å². The largest absolute Gasteiger partial charge is 0.497 e. The van der Waals surface area contributed by atoms with E-state index in [0.29, 0.717) is 13.0 Å². The van der Waals surface area contributed by atoms with Crippen LogP contribution in [0.3, 0.4) is 0 Å². The fourth-order valence-corrected chi connectivity index (χ4v) is 3.27. The molecule has 0 bridgehead atoms. The maximum Gasteiger partial charge on any atom is 0.232 e. The van der Waals surface area contributed by atoms with Gasteiger partial charge in [-0.3, -0.25) is 4.79 Å². The zero-order chi connectivity index (χ0) is 19.8. The van der Waals surface area contributed by atoms with Crippen molar-refractivity contribution in [2.24, 2.45) is 0 Å². The summed E-state index contributed by atoms with van der Waals surface area (Å²) >= 11 is 0. The normalized spacial score (nSPS) is 10.5. The van der Waals surface area contributed by atoms with Crippen LogP contribution in [0.15, 0.2) is 78.9 Å². The molecule has 144 valence electrons. The number of amides is 1. The highest BCUT2D eigenvalue weighted by atomic mass is 16.5. The third-order valence-electron chi connectivity index (χ3n) is 4.72. The summed E-state index contributed by atoms with van der Waals surface area (Å²) < 4.78 is 10.7. The van der Waals surface area contributed by atoms with E-state index in [4.69, 9.17) is 9.47 Å². The van der Waals surface area contributed by atoms with Crippen LogP contribution < -0.4 is 14.8 Å². The zero-order valence-corrected chi connectivity index (χ0v) is 16.2. The van der Waals surface area contributed by atoms with Crippen molar-refractivity contribution in [3.63, 3.8) is 0 Å². The van der Waals surface area contributed by atoms with Gasteiger partial charge in [0, 0.05) is 12.6 Å². The Bertz CT molecular complexity index is 855. The Balaban J connectivity index is 1.71. The second-order valence-electron chi connectivity index (χ2n) is 6.47. The van der Waals surface area contributed by atoms with E-state index in [-0.39, 0.29) is 11.8 Å². The molecule has 0 aliphatic rings. The Morgan fingerprint density at radius 3 is 2.00 bits per heavy atom. The molecule has 1 N–H and O–H groups in total. The molecule has 28 heavy (non-hydrogen) atoms. The van der Waals surface area contributed by atoms with E-state index in [1.165, 1.54) is 0 Å². The molecule has 0 heterocycles. The summed E-state index contributed by atoms with van der Waals surface area (Å²) in [5.41, 5.74) is 2.99. The van der Waals surface area contributed by atoms with Crippen LogP contribution in [0.25, 0.3) is 0 Å². The van der Waals surface area contributed by atoms with Crippen molar-refractivity contribution < 1.29 is 14.3 Å². The van der Waals surface area contributed by atoms with Crippen molar-refractivity contribution in [2.45, 2.75) is 12.3 Å². The molecular weight excluding hydrogens is 350 g/mol. The lowest BCUT2D eigenvalue weighted by molar-refractivity contribution is -0.121. The molecule has 3 rings (SSSR count). The van der Waals surface area contributed by atoms with Gasteiger partial charge >= 0.3 is 0 Å². The molecule has 3 aromatic rings. The molecule has 0 radical (unpaired) electrons. The van der Waals surface area contributed by atoms with E-state index in [1.54, 1.807) is 14.2 Å². The topological polar surface area (TPSA) is 47.6 Å². The van der Waals surface area contributed by atoms with E-state index in [0.717, 1.165) is 28.2 Å². The molecule has 4 nitrogen and oxygen atoms in total. The Hall–Kier alpha value is -3.27. The molecule has 0 aromatic heterocycles. The second kappa shape index (κ2) is 9.60. The molecule has 4 heteroatoms. The molecule has 0 saturated carbocycles. The van der Waals surface area contributed by atoms with E-state index in [1.807, 2.05) is 78.9 Å². The third-order valence-corrected chi connectivity index (χ3v) is 4.72. The van der Waals surface area contributed by atoms with Crippen LogP contribution in [0.5, 0.6) is 11.5 Å². The lowest BCUT2D eigenvalue weighted by Crippen LogP contribution is -2.31. The highest BCUT2D eigenvalue weighted by molar-refractivity contribution is 5.87. The Kier molecular flexibility index (Phi) is 6.68. The van der Waals surface area contributed by atoms with E-state index < -0.39 is 0 Å². The van der Waals surface area contributed by atoms with Gasteiger partial charge in [-0.25, -0.2) is 0 Å². The van der Waals surface area contributed by atoms with Crippen molar-refractivity contribution in [1.29, 1.82) is 0 Å². The van der Waals surface area contributed by atoms with E-state index >= 15 is 0 Å². The predicted octanol–water partition coefficient (Wildman–Crippen LogP) is 4.19. The van der Waals surface area contributed by atoms with Crippen molar-refractivity contribution >= 4 is 5.91 Å². The lowest BCUT2D eigenvalue weighted by Gasteiger charge is -2.18. The minimum absolute atomic E-state index is 0.00937. The summed E-state index contributed by atoms with van der Waals surface area (Å²) in [6, 6.07) is 25.4. The Morgan fingerprint density at radius 1 is 0.857 bits per heavy atom. The van der Waals surface area contributed by atoms with E-state index in [9.17, 15) is 4.79 Å². The fourth-order valence-electron chi connectivity index (χ4n) is 3.27. The Labute approximate surface area is 166 Å². The standard InChI is InChI=1S/C24H25NO3/c1-27-21-14-13-18(22(17-21)28-2)15-16-25-24(26)23(19-9-5-3-6-10-19)20-11-7-4-8-12-20/h3-14,17,23H,15-16H2,1-2H3,(H,25,26). The van der Waals surface area contributed by atoms with Gasteiger partial charge < -0.3 is 14.8 Å². The van der Waals surface area contributed by atoms with Crippen LogP contribution in [0, 0.1) is 0 Å². The van der Waals surface area contributed by atoms with Gasteiger partial charge in [-0.2, -0.15) is 0 Å². The van der Waals surface area contributed by atoms with Crippen molar-refractivity contribution in [3.05, 3.63) is 95.6 Å². The number of hydrogen-bond acceptors (Lipinski definition) is 3. The fraction of sp³-hybridized carbons (Fsp3) is 0.208. The third kappa shape index (κ3) is 4.71. The average molecular weight is 375 g/mol. The van der Waals surface area contributed by atoms with Crippen molar-refractivity contribution in [2.75, 3.05) is 20.8 Å². The van der Waals surface area contributed by atoms with Gasteiger partial charge in [0.15, 0.2) is 0 Å². The maximum absolute atomic E-state index is 13.0. The first-order chi connectivity index (χ1) is 13.7. The minimum Gasteiger partial charge on any atom is -0.497 e. The first-order valence-electron chi connectivity index (χ1n) is 9.31. The summed E-state index contributed by atoms with van der Waals surface area (Å²) in [7, 11) is 3.26. The van der Waals surface area contributed by atoms with Crippen LogP contribution in [0.2, 0.25) is 0 Å². The van der Waals surface area contributed by atoms with Crippen LogP contribution >= 0.6 is 0 Å². The molecule has 0 unspecified atom stereocenters. The van der Waals surface area contributed by atoms with Gasteiger partial charge in [0.1, 0.15) is 11.5 Å². The number of benzene rings is 3. The highest BCUT2D eigenvalue weighted by Crippen LogP contribution is 2.26. The predicted molar refractivity (Wildman–Crippen MR) is 111 cm³/mol. The summed E-state index contributed by atoms with van der Waals surface area (Å²) in [5, 5.41) is 3.08.